The van der Waals surface area contributed by atoms with Crippen LogP contribution in [0.3, 0.4) is 0 Å². The molecule has 59 heavy (non-hydrogen) atoms. The van der Waals surface area contributed by atoms with Gasteiger partial charge >= 0.3 is 0 Å². The van der Waals surface area contributed by atoms with Gasteiger partial charge in [0.2, 0.25) is 0 Å². The van der Waals surface area contributed by atoms with Crippen LogP contribution in [0.4, 0.5) is 17.1 Å². The van der Waals surface area contributed by atoms with Gasteiger partial charge in [-0.2, -0.15) is 0 Å². The normalized spacial score (nSPS) is 12.7. The number of rotatable bonds is 7. The molecule has 0 N–H and O–H groups in total. The second kappa shape index (κ2) is 14.1. The molecule has 2 heteroatoms. The number of thiophene rings is 1. The zero-order chi connectivity index (χ0) is 39.5. The second-order valence-electron chi connectivity index (χ2n) is 16.0. The molecule has 1 aliphatic carbocycles. The average Bonchev–Trinajstić information content (AvgIpc) is 3.79. The van der Waals surface area contributed by atoms with Crippen LogP contribution < -0.4 is 4.90 Å². The van der Waals surface area contributed by atoms with Crippen molar-refractivity contribution in [1.82, 2.24) is 0 Å². The molecule has 0 atom stereocenters. The molecule has 10 aromatic rings. The molecule has 0 aliphatic heterocycles. The highest BCUT2D eigenvalue weighted by atomic mass is 32.1. The summed E-state index contributed by atoms with van der Waals surface area (Å²) >= 11 is 1.86. The molecule has 0 spiro atoms. The van der Waals surface area contributed by atoms with E-state index < -0.39 is 0 Å². The van der Waals surface area contributed by atoms with Gasteiger partial charge in [-0.1, -0.05) is 184 Å². The van der Waals surface area contributed by atoms with Gasteiger partial charge in [0.1, 0.15) is 0 Å². The van der Waals surface area contributed by atoms with Crippen molar-refractivity contribution in [3.05, 3.63) is 223 Å². The standard InChI is InChI=1S/C57H41NS/c1-57(2)49-26-13-11-22-45(49)46-36-33-41(37-50(46)57)38-31-34-42(35-32-38)58(52-28-16-30-54-56(52)48-24-12-14-29-53(48)59-54)51-27-15-25-44(40-19-7-4-8-20-40)55(51)47-23-10-9-21-43(47)39-17-5-3-6-18-39/h3-37H,1-2H3. The van der Waals surface area contributed by atoms with Gasteiger partial charge in [-0.3, -0.25) is 0 Å². The van der Waals surface area contributed by atoms with Crippen LogP contribution in [0.15, 0.2) is 212 Å². The molecule has 0 saturated carbocycles. The minimum absolute atomic E-state index is 0.0587. The molecular formula is C57H41NS. The van der Waals surface area contributed by atoms with Gasteiger partial charge in [0.25, 0.3) is 0 Å². The second-order valence-corrected chi connectivity index (χ2v) is 17.1. The van der Waals surface area contributed by atoms with E-state index in [9.17, 15) is 0 Å². The first-order valence-corrected chi connectivity index (χ1v) is 21.2. The maximum atomic E-state index is 2.51. The number of hydrogen-bond donors (Lipinski definition) is 0. The molecule has 1 aliphatic rings. The van der Waals surface area contributed by atoms with E-state index in [1.54, 1.807) is 0 Å². The fraction of sp³-hybridized carbons (Fsp3) is 0.0526. The highest BCUT2D eigenvalue weighted by molar-refractivity contribution is 7.26. The van der Waals surface area contributed by atoms with Gasteiger partial charge in [-0.15, -0.1) is 11.3 Å². The van der Waals surface area contributed by atoms with Crippen molar-refractivity contribution in [3.8, 4) is 55.6 Å². The van der Waals surface area contributed by atoms with Gasteiger partial charge in [0.15, 0.2) is 0 Å². The topological polar surface area (TPSA) is 3.24 Å². The van der Waals surface area contributed by atoms with Crippen LogP contribution in [0.5, 0.6) is 0 Å². The van der Waals surface area contributed by atoms with Crippen molar-refractivity contribution in [2.24, 2.45) is 0 Å². The largest absolute Gasteiger partial charge is 0.309 e. The molecule has 1 nitrogen and oxygen atoms in total. The monoisotopic (exact) mass is 771 g/mol. The average molecular weight is 772 g/mol. The predicted molar refractivity (Wildman–Crippen MR) is 253 cm³/mol. The lowest BCUT2D eigenvalue weighted by molar-refractivity contribution is 0.660. The van der Waals surface area contributed by atoms with Crippen molar-refractivity contribution >= 4 is 48.6 Å². The molecule has 11 rings (SSSR count). The first-order chi connectivity index (χ1) is 29.0. The summed E-state index contributed by atoms with van der Waals surface area (Å²) in [5.41, 5.74) is 18.4. The SMILES string of the molecule is CC1(C)c2ccccc2-c2ccc(-c3ccc(N(c4cccc(-c5ccccc5)c4-c4ccccc4-c4ccccc4)c4cccc5sc6ccccc6c45)cc3)cc21. The van der Waals surface area contributed by atoms with E-state index in [1.807, 2.05) is 11.3 Å². The highest BCUT2D eigenvalue weighted by Crippen LogP contribution is 2.52. The third-order valence-corrected chi connectivity index (χ3v) is 13.4. The van der Waals surface area contributed by atoms with Crippen LogP contribution in [0.1, 0.15) is 25.0 Å². The van der Waals surface area contributed by atoms with Gasteiger partial charge in [0.05, 0.1) is 11.4 Å². The quantitative estimate of drug-likeness (QED) is 0.156. The number of nitrogens with zero attached hydrogens (tertiary/aromatic N) is 1. The molecule has 0 bridgehead atoms. The zero-order valence-electron chi connectivity index (χ0n) is 33.1. The van der Waals surface area contributed by atoms with Crippen molar-refractivity contribution in [2.45, 2.75) is 19.3 Å². The Labute approximate surface area is 350 Å². The molecule has 1 heterocycles. The Morgan fingerprint density at radius 3 is 1.71 bits per heavy atom. The lowest BCUT2D eigenvalue weighted by Crippen LogP contribution is -2.14. The summed E-state index contributed by atoms with van der Waals surface area (Å²) in [5, 5.41) is 2.54. The fourth-order valence-corrected chi connectivity index (χ4v) is 10.6. The Morgan fingerprint density at radius 1 is 0.373 bits per heavy atom. The molecule has 0 fully saturated rings. The molecule has 280 valence electrons. The molecule has 1 aromatic heterocycles. The maximum Gasteiger partial charge on any atom is 0.0555 e. The summed E-state index contributed by atoms with van der Waals surface area (Å²) in [6.07, 6.45) is 0. The van der Waals surface area contributed by atoms with E-state index in [-0.39, 0.29) is 5.41 Å². The van der Waals surface area contributed by atoms with Crippen LogP contribution >= 0.6 is 11.3 Å². The van der Waals surface area contributed by atoms with E-state index in [2.05, 4.69) is 231 Å². The summed E-state index contributed by atoms with van der Waals surface area (Å²) in [4.78, 5) is 2.51. The van der Waals surface area contributed by atoms with E-state index in [0.29, 0.717) is 0 Å². The molecular weight excluding hydrogens is 731 g/mol. The summed E-state index contributed by atoms with van der Waals surface area (Å²) in [6.45, 7) is 4.71. The van der Waals surface area contributed by atoms with E-state index in [1.165, 1.54) is 86.9 Å². The summed E-state index contributed by atoms with van der Waals surface area (Å²) in [5.74, 6) is 0. The summed E-state index contributed by atoms with van der Waals surface area (Å²) in [7, 11) is 0. The van der Waals surface area contributed by atoms with Crippen molar-refractivity contribution in [3.63, 3.8) is 0 Å². The van der Waals surface area contributed by atoms with Crippen LogP contribution in [0, 0.1) is 0 Å². The Kier molecular flexibility index (Phi) is 8.43. The van der Waals surface area contributed by atoms with E-state index in [0.717, 1.165) is 17.1 Å². The number of hydrogen-bond acceptors (Lipinski definition) is 2. The summed E-state index contributed by atoms with van der Waals surface area (Å²) < 4.78 is 2.57. The number of anilines is 3. The van der Waals surface area contributed by atoms with Gasteiger partial charge in [0, 0.05) is 36.8 Å². The first-order valence-electron chi connectivity index (χ1n) is 20.4. The summed E-state index contributed by atoms with van der Waals surface area (Å²) in [6, 6.07) is 78.1. The molecule has 9 aromatic carbocycles. The van der Waals surface area contributed by atoms with E-state index >= 15 is 0 Å². The van der Waals surface area contributed by atoms with Crippen LogP contribution in [0.25, 0.3) is 75.8 Å². The third-order valence-electron chi connectivity index (χ3n) is 12.3. The molecule has 0 radical (unpaired) electrons. The lowest BCUT2D eigenvalue weighted by Gasteiger charge is -2.30. The first kappa shape index (κ1) is 35.2. The van der Waals surface area contributed by atoms with Crippen LogP contribution in [0.2, 0.25) is 0 Å². The smallest absolute Gasteiger partial charge is 0.0555 e. The Bertz CT molecular complexity index is 3170. The van der Waals surface area contributed by atoms with Crippen LogP contribution in [-0.4, -0.2) is 0 Å². The van der Waals surface area contributed by atoms with Gasteiger partial charge in [-0.25, -0.2) is 0 Å². The molecule has 0 saturated heterocycles. The van der Waals surface area contributed by atoms with Gasteiger partial charge < -0.3 is 4.90 Å². The maximum absolute atomic E-state index is 2.51. The van der Waals surface area contributed by atoms with Crippen molar-refractivity contribution < 1.29 is 0 Å². The zero-order valence-corrected chi connectivity index (χ0v) is 33.9. The Morgan fingerprint density at radius 2 is 0.932 bits per heavy atom. The van der Waals surface area contributed by atoms with Crippen LogP contribution in [-0.2, 0) is 5.41 Å². The highest BCUT2D eigenvalue weighted by Gasteiger charge is 2.35. The van der Waals surface area contributed by atoms with Gasteiger partial charge in [-0.05, 0) is 104 Å². The predicted octanol–water partition coefficient (Wildman–Crippen LogP) is 16.5. The third kappa shape index (κ3) is 5.82. The Balaban J connectivity index is 1.15. The number of fused-ring (bicyclic) bond motifs is 6. The number of benzene rings is 9. The molecule has 0 amide bonds. The van der Waals surface area contributed by atoms with E-state index in [4.69, 9.17) is 0 Å². The Hall–Kier alpha value is -7.00. The lowest BCUT2D eigenvalue weighted by atomic mass is 9.81. The molecule has 0 unspecified atom stereocenters. The minimum atomic E-state index is -0.0587. The van der Waals surface area contributed by atoms with Crippen molar-refractivity contribution in [2.75, 3.05) is 4.90 Å². The van der Waals surface area contributed by atoms with Crippen molar-refractivity contribution in [1.29, 1.82) is 0 Å². The minimum Gasteiger partial charge on any atom is -0.309 e. The fourth-order valence-electron chi connectivity index (χ4n) is 9.48.